The zero-order valence-corrected chi connectivity index (χ0v) is 17.2. The summed E-state index contributed by atoms with van der Waals surface area (Å²) in [6.45, 7) is 3.11. The Morgan fingerprint density at radius 2 is 1.83 bits per heavy atom. The molecular formula is C21H26FN3O3S. The molecule has 1 saturated heterocycles. The Kier molecular flexibility index (Phi) is 6.87. The lowest BCUT2D eigenvalue weighted by Crippen LogP contribution is -2.39. The van der Waals surface area contributed by atoms with Crippen molar-refractivity contribution in [1.82, 2.24) is 9.62 Å². The molecule has 2 N–H and O–H groups in total. The molecule has 6 nitrogen and oxygen atoms in total. The van der Waals surface area contributed by atoms with E-state index in [1.807, 2.05) is 0 Å². The molecule has 1 fully saturated rings. The number of benzene rings is 2. The molecule has 1 aliphatic heterocycles. The van der Waals surface area contributed by atoms with Crippen LogP contribution in [0.1, 0.15) is 24.8 Å². The number of hydrogen-bond acceptors (Lipinski definition) is 3. The van der Waals surface area contributed by atoms with Crippen LogP contribution in [0.25, 0.3) is 0 Å². The summed E-state index contributed by atoms with van der Waals surface area (Å²) in [5, 5.41) is 5.39. The first kappa shape index (κ1) is 21.3. The van der Waals surface area contributed by atoms with E-state index in [1.165, 1.54) is 10.4 Å². The van der Waals surface area contributed by atoms with Crippen LogP contribution in [0.3, 0.4) is 0 Å². The molecule has 8 heteroatoms. The number of carbonyl (C=O) groups excluding carboxylic acids is 1. The van der Waals surface area contributed by atoms with Crippen LogP contribution >= 0.6 is 0 Å². The van der Waals surface area contributed by atoms with Gasteiger partial charge in [0, 0.05) is 25.3 Å². The molecule has 2 aromatic rings. The second-order valence-electron chi connectivity index (χ2n) is 7.29. The van der Waals surface area contributed by atoms with Crippen molar-refractivity contribution in [2.75, 3.05) is 25.0 Å². The molecule has 156 valence electrons. The summed E-state index contributed by atoms with van der Waals surface area (Å²) < 4.78 is 40.4. The normalized spacial score (nSPS) is 15.8. The lowest BCUT2D eigenvalue weighted by atomic mass is 9.95. The highest BCUT2D eigenvalue weighted by atomic mass is 32.2. The number of piperidine rings is 1. The number of nitrogens with zero attached hydrogens (tertiary/aromatic N) is 1. The summed E-state index contributed by atoms with van der Waals surface area (Å²) in [5.74, 6) is -0.00522. The molecule has 0 aliphatic carbocycles. The molecule has 0 radical (unpaired) electrons. The SMILES string of the molecule is Cc1ccc(NC(=O)NCCC2CCN(S(=O)(=O)c3ccccc3)CC2)cc1F. The number of rotatable bonds is 6. The van der Waals surface area contributed by atoms with E-state index in [4.69, 9.17) is 0 Å². The quantitative estimate of drug-likeness (QED) is 0.749. The van der Waals surface area contributed by atoms with Crippen molar-refractivity contribution in [3.05, 3.63) is 59.9 Å². The van der Waals surface area contributed by atoms with E-state index in [-0.39, 0.29) is 11.8 Å². The van der Waals surface area contributed by atoms with Gasteiger partial charge in [0.15, 0.2) is 0 Å². The van der Waals surface area contributed by atoms with Gasteiger partial charge in [-0.3, -0.25) is 0 Å². The first-order valence-corrected chi connectivity index (χ1v) is 11.2. The fraction of sp³-hybridized carbons (Fsp3) is 0.381. The second-order valence-corrected chi connectivity index (χ2v) is 9.23. The Bertz CT molecular complexity index is 943. The maximum atomic E-state index is 13.5. The van der Waals surface area contributed by atoms with Crippen LogP contribution in [0.4, 0.5) is 14.9 Å². The number of anilines is 1. The van der Waals surface area contributed by atoms with Crippen molar-refractivity contribution in [2.24, 2.45) is 5.92 Å². The Hall–Kier alpha value is -2.45. The van der Waals surface area contributed by atoms with Gasteiger partial charge in [-0.2, -0.15) is 4.31 Å². The number of urea groups is 1. The van der Waals surface area contributed by atoms with Gasteiger partial charge in [0.25, 0.3) is 0 Å². The standard InChI is InChI=1S/C21H26FN3O3S/c1-16-7-8-18(15-20(16)22)24-21(26)23-12-9-17-10-13-25(14-11-17)29(27,28)19-5-3-2-4-6-19/h2-8,15,17H,9-14H2,1H3,(H2,23,24,26). The van der Waals surface area contributed by atoms with E-state index in [9.17, 15) is 17.6 Å². The zero-order chi connectivity index (χ0) is 20.9. The molecule has 0 aromatic heterocycles. The molecule has 3 rings (SSSR count). The van der Waals surface area contributed by atoms with Gasteiger partial charge >= 0.3 is 6.03 Å². The summed E-state index contributed by atoms with van der Waals surface area (Å²) in [4.78, 5) is 12.3. The van der Waals surface area contributed by atoms with Gasteiger partial charge in [0.05, 0.1) is 4.90 Å². The average molecular weight is 420 g/mol. The molecule has 0 unspecified atom stereocenters. The molecular weight excluding hydrogens is 393 g/mol. The van der Waals surface area contributed by atoms with Crippen LogP contribution in [0.15, 0.2) is 53.4 Å². The van der Waals surface area contributed by atoms with Crippen LogP contribution in [0.5, 0.6) is 0 Å². The first-order chi connectivity index (χ1) is 13.9. The Balaban J connectivity index is 1.41. The van der Waals surface area contributed by atoms with E-state index < -0.39 is 10.0 Å². The van der Waals surface area contributed by atoms with Gasteiger partial charge in [-0.1, -0.05) is 24.3 Å². The van der Waals surface area contributed by atoms with Crippen molar-refractivity contribution in [2.45, 2.75) is 31.1 Å². The van der Waals surface area contributed by atoms with Crippen LogP contribution in [0.2, 0.25) is 0 Å². The molecule has 2 aromatic carbocycles. The third-order valence-electron chi connectivity index (χ3n) is 5.22. The van der Waals surface area contributed by atoms with E-state index >= 15 is 0 Å². The fourth-order valence-electron chi connectivity index (χ4n) is 3.42. The minimum atomic E-state index is -3.44. The minimum Gasteiger partial charge on any atom is -0.338 e. The smallest absolute Gasteiger partial charge is 0.319 e. The highest BCUT2D eigenvalue weighted by Gasteiger charge is 2.29. The van der Waals surface area contributed by atoms with Crippen molar-refractivity contribution < 1.29 is 17.6 Å². The molecule has 0 atom stereocenters. The summed E-state index contributed by atoms with van der Waals surface area (Å²) in [6, 6.07) is 12.7. The molecule has 1 heterocycles. The van der Waals surface area contributed by atoms with E-state index in [1.54, 1.807) is 49.4 Å². The molecule has 0 saturated carbocycles. The predicted molar refractivity (Wildman–Crippen MR) is 111 cm³/mol. The number of aryl methyl sites for hydroxylation is 1. The Labute approximate surface area is 171 Å². The van der Waals surface area contributed by atoms with Gasteiger partial charge in [0.2, 0.25) is 10.0 Å². The van der Waals surface area contributed by atoms with Gasteiger partial charge in [-0.15, -0.1) is 0 Å². The van der Waals surface area contributed by atoms with E-state index in [0.717, 1.165) is 19.3 Å². The lowest BCUT2D eigenvalue weighted by molar-refractivity contribution is 0.245. The maximum absolute atomic E-state index is 13.5. The predicted octanol–water partition coefficient (Wildman–Crippen LogP) is 3.75. The summed E-state index contributed by atoms with van der Waals surface area (Å²) >= 11 is 0. The van der Waals surface area contributed by atoms with Gasteiger partial charge in [-0.25, -0.2) is 17.6 Å². The van der Waals surface area contributed by atoms with Gasteiger partial charge in [-0.05, 0) is 61.9 Å². The first-order valence-electron chi connectivity index (χ1n) is 9.72. The van der Waals surface area contributed by atoms with Crippen LogP contribution in [-0.4, -0.2) is 38.4 Å². The Morgan fingerprint density at radius 1 is 1.14 bits per heavy atom. The van der Waals surface area contributed by atoms with Crippen LogP contribution < -0.4 is 10.6 Å². The number of nitrogens with one attached hydrogen (secondary N) is 2. The maximum Gasteiger partial charge on any atom is 0.319 e. The fourth-order valence-corrected chi connectivity index (χ4v) is 4.91. The number of sulfonamides is 1. The Morgan fingerprint density at radius 3 is 2.48 bits per heavy atom. The topological polar surface area (TPSA) is 78.5 Å². The molecule has 0 spiro atoms. The highest BCUT2D eigenvalue weighted by molar-refractivity contribution is 7.89. The van der Waals surface area contributed by atoms with Crippen molar-refractivity contribution in [3.8, 4) is 0 Å². The molecule has 1 aliphatic rings. The number of hydrogen-bond donors (Lipinski definition) is 2. The van der Waals surface area contributed by atoms with E-state index in [0.29, 0.717) is 41.7 Å². The number of amides is 2. The third kappa shape index (κ3) is 5.55. The second kappa shape index (κ2) is 9.37. The summed E-state index contributed by atoms with van der Waals surface area (Å²) in [6.07, 6.45) is 2.30. The zero-order valence-electron chi connectivity index (χ0n) is 16.4. The minimum absolute atomic E-state index is 0.323. The monoisotopic (exact) mass is 419 g/mol. The van der Waals surface area contributed by atoms with Gasteiger partial charge in [0.1, 0.15) is 5.82 Å². The molecule has 29 heavy (non-hydrogen) atoms. The average Bonchev–Trinajstić information content (AvgIpc) is 2.72. The number of halogens is 1. The molecule has 0 bridgehead atoms. The third-order valence-corrected chi connectivity index (χ3v) is 7.14. The van der Waals surface area contributed by atoms with Crippen molar-refractivity contribution in [1.29, 1.82) is 0 Å². The van der Waals surface area contributed by atoms with Crippen molar-refractivity contribution in [3.63, 3.8) is 0 Å². The van der Waals surface area contributed by atoms with E-state index in [2.05, 4.69) is 10.6 Å². The molecule has 2 amide bonds. The lowest BCUT2D eigenvalue weighted by Gasteiger charge is -2.31. The van der Waals surface area contributed by atoms with Gasteiger partial charge < -0.3 is 10.6 Å². The number of carbonyl (C=O) groups is 1. The summed E-state index contributed by atoms with van der Waals surface area (Å²) in [5.41, 5.74) is 0.932. The van der Waals surface area contributed by atoms with Crippen LogP contribution in [0, 0.1) is 18.7 Å². The summed E-state index contributed by atoms with van der Waals surface area (Å²) in [7, 11) is -3.44. The van der Waals surface area contributed by atoms with Crippen molar-refractivity contribution >= 4 is 21.7 Å². The highest BCUT2D eigenvalue weighted by Crippen LogP contribution is 2.25. The largest absolute Gasteiger partial charge is 0.338 e. The van der Waals surface area contributed by atoms with Crippen LogP contribution in [-0.2, 0) is 10.0 Å².